The van der Waals surface area contributed by atoms with Gasteiger partial charge >= 0.3 is 161 Å². The fourth-order valence-corrected chi connectivity index (χ4v) is 14.8. The zero-order chi connectivity index (χ0) is 18.5. The van der Waals surface area contributed by atoms with Crippen LogP contribution in [0.1, 0.15) is 26.2 Å². The van der Waals surface area contributed by atoms with Crippen molar-refractivity contribution in [3.63, 3.8) is 0 Å². The number of halogens is 1. The summed E-state index contributed by atoms with van der Waals surface area (Å²) in [6, 6.07) is 0. The number of hydrogen-bond acceptors (Lipinski definition) is 5. The number of rotatable bonds is 2. The van der Waals surface area contributed by atoms with Gasteiger partial charge in [0.05, 0.1) is 0 Å². The Kier molecular flexibility index (Phi) is 4.97. The van der Waals surface area contributed by atoms with E-state index in [1.54, 1.807) is 0 Å². The van der Waals surface area contributed by atoms with Gasteiger partial charge in [0.25, 0.3) is 0 Å². The maximum atomic E-state index is 11.8. The normalized spacial score (nSPS) is 44.5. The van der Waals surface area contributed by atoms with Crippen molar-refractivity contribution < 1.29 is 28.0 Å². The minimum atomic E-state index is -3.90. The summed E-state index contributed by atoms with van der Waals surface area (Å²) < 4.78 is 29.3. The summed E-state index contributed by atoms with van der Waals surface area (Å²) in [5, 5.41) is 0. The Bertz CT molecular complexity index is 746. The van der Waals surface area contributed by atoms with Gasteiger partial charge in [-0.2, -0.15) is 0 Å². The molecule has 0 spiro atoms. The zero-order valence-corrected chi connectivity index (χ0v) is 17.8. The minimum absolute atomic E-state index is 0.210. The van der Waals surface area contributed by atoms with E-state index in [1.165, 1.54) is 5.57 Å². The molecule has 3 fully saturated rings. The van der Waals surface area contributed by atoms with Crippen LogP contribution < -0.4 is 0 Å². The summed E-state index contributed by atoms with van der Waals surface area (Å²) in [4.78, 5) is 21.4. The fourth-order valence-electron chi connectivity index (χ4n) is 4.30. The van der Waals surface area contributed by atoms with Crippen molar-refractivity contribution in [3.8, 4) is 0 Å². The van der Waals surface area contributed by atoms with E-state index in [4.69, 9.17) is 13.8 Å². The van der Waals surface area contributed by atoms with E-state index < -0.39 is 27.6 Å². The van der Waals surface area contributed by atoms with Crippen molar-refractivity contribution >= 4 is 33.6 Å². The van der Waals surface area contributed by atoms with Gasteiger partial charge in [-0.05, 0) is 0 Å². The van der Waals surface area contributed by atoms with Crippen molar-refractivity contribution in [2.24, 2.45) is 5.41 Å². The maximum absolute atomic E-state index is 11.8. The standard InChI is InChI=1S/C18H24IO6P/c1-12-3-6-15-18(2)11-24-26(21,22)25-16(18)7-9-19(15)14(12)5-4-13-8-10-23-17(13)20/h4-5,8,14-16H,1,3,6-7,9-11H2,2H3,(H,21,22)/b5-4+. The first kappa shape index (κ1) is 18.9. The molecule has 0 aromatic carbocycles. The molecule has 0 aliphatic carbocycles. The first-order valence-corrected chi connectivity index (χ1v) is 14.3. The molecule has 4 aliphatic rings. The average molecular weight is 494 g/mol. The van der Waals surface area contributed by atoms with Crippen molar-refractivity contribution in [3.05, 3.63) is 36.0 Å². The summed E-state index contributed by atoms with van der Waals surface area (Å²) in [7, 11) is -3.90. The van der Waals surface area contributed by atoms with Crippen molar-refractivity contribution in [1.29, 1.82) is 0 Å². The topological polar surface area (TPSA) is 82.1 Å². The van der Waals surface area contributed by atoms with E-state index in [0.717, 1.165) is 23.7 Å². The summed E-state index contributed by atoms with van der Waals surface area (Å²) in [6.07, 6.45) is 8.44. The van der Waals surface area contributed by atoms with Crippen molar-refractivity contribution in [1.82, 2.24) is 0 Å². The molecule has 6 nitrogen and oxygen atoms in total. The van der Waals surface area contributed by atoms with Gasteiger partial charge < -0.3 is 0 Å². The van der Waals surface area contributed by atoms with Crippen LogP contribution in [0.2, 0.25) is 0 Å². The molecule has 5 unspecified atom stereocenters. The molecule has 4 aliphatic heterocycles. The van der Waals surface area contributed by atoms with Gasteiger partial charge in [-0.15, -0.1) is 0 Å². The number of hydrogen-bond donors (Lipinski definition) is 1. The molecule has 1 N–H and O–H groups in total. The van der Waals surface area contributed by atoms with Crippen LogP contribution in [0, 0.1) is 5.41 Å². The molecule has 5 atom stereocenters. The fraction of sp³-hybridized carbons (Fsp3) is 0.611. The van der Waals surface area contributed by atoms with Crippen LogP contribution in [0.15, 0.2) is 36.0 Å². The van der Waals surface area contributed by atoms with Crippen molar-refractivity contribution in [2.45, 2.75) is 40.1 Å². The third-order valence-corrected chi connectivity index (χ3v) is 15.6. The Morgan fingerprint density at radius 3 is 3.00 bits per heavy atom. The molecule has 8 heteroatoms. The number of phosphoric acid groups is 1. The van der Waals surface area contributed by atoms with Gasteiger partial charge in [-0.1, -0.05) is 0 Å². The summed E-state index contributed by atoms with van der Waals surface area (Å²) >= 11 is -1.50. The van der Waals surface area contributed by atoms with Gasteiger partial charge in [0, 0.05) is 0 Å². The third-order valence-electron chi connectivity index (χ3n) is 5.79. The van der Waals surface area contributed by atoms with E-state index in [0.29, 0.717) is 20.0 Å². The SMILES string of the molecule is C=C1CCC2I(CCC3OP(=O)(O)OCC32C)C1/C=C/C1=CCOC1=O. The van der Waals surface area contributed by atoms with Gasteiger partial charge in [-0.3, -0.25) is 0 Å². The molecule has 0 bridgehead atoms. The quantitative estimate of drug-likeness (QED) is 0.208. The Morgan fingerprint density at radius 2 is 2.27 bits per heavy atom. The van der Waals surface area contributed by atoms with Crippen LogP contribution in [0.3, 0.4) is 0 Å². The molecule has 0 saturated carbocycles. The van der Waals surface area contributed by atoms with E-state index in [2.05, 4.69) is 19.6 Å². The van der Waals surface area contributed by atoms with Gasteiger partial charge in [0.2, 0.25) is 0 Å². The zero-order valence-electron chi connectivity index (χ0n) is 14.7. The van der Waals surface area contributed by atoms with Gasteiger partial charge in [0.15, 0.2) is 0 Å². The van der Waals surface area contributed by atoms with E-state index in [-0.39, 0.29) is 24.1 Å². The Morgan fingerprint density at radius 1 is 1.46 bits per heavy atom. The van der Waals surface area contributed by atoms with Gasteiger partial charge in [0.1, 0.15) is 0 Å². The second-order valence-corrected chi connectivity index (χ2v) is 15.2. The number of phosphoric ester groups is 1. The molecule has 0 aromatic rings. The van der Waals surface area contributed by atoms with Gasteiger partial charge in [-0.25, -0.2) is 0 Å². The monoisotopic (exact) mass is 494 g/mol. The number of alkyl halides is 3. The van der Waals surface area contributed by atoms with E-state index in [9.17, 15) is 14.3 Å². The molecule has 0 radical (unpaired) electrons. The predicted molar refractivity (Wildman–Crippen MR) is 106 cm³/mol. The Balaban J connectivity index is 1.57. The van der Waals surface area contributed by atoms with Crippen LogP contribution in [0.5, 0.6) is 0 Å². The molecular formula is C18H24IO6P. The number of cyclic esters (lactones) is 1. The molecule has 4 rings (SSSR count). The Hall–Kier alpha value is -0.470. The summed E-state index contributed by atoms with van der Waals surface area (Å²) in [5.74, 6) is -0.258. The third kappa shape index (κ3) is 3.26. The number of esters is 1. The average Bonchev–Trinajstić information content (AvgIpc) is 2.99. The van der Waals surface area contributed by atoms with Crippen LogP contribution in [0.4, 0.5) is 0 Å². The molecule has 26 heavy (non-hydrogen) atoms. The number of allylic oxidation sites excluding steroid dienone is 2. The number of ether oxygens (including phenoxy) is 1. The number of carbonyl (C=O) groups is 1. The molecule has 3 saturated heterocycles. The molecule has 4 heterocycles. The Labute approximate surface area is 160 Å². The second kappa shape index (κ2) is 6.85. The summed E-state index contributed by atoms with van der Waals surface area (Å²) in [5.41, 5.74) is 1.67. The molecule has 144 valence electrons. The number of carbonyl (C=O) groups excluding carboxylic acids is 1. The van der Waals surface area contributed by atoms with Crippen LogP contribution in [-0.4, -0.2) is 42.5 Å². The van der Waals surface area contributed by atoms with E-state index >= 15 is 0 Å². The second-order valence-electron chi connectivity index (χ2n) is 7.44. The van der Waals surface area contributed by atoms with Crippen LogP contribution >= 0.6 is 27.6 Å². The first-order valence-electron chi connectivity index (χ1n) is 8.82. The molecule has 0 aromatic heterocycles. The summed E-state index contributed by atoms with van der Waals surface area (Å²) in [6.45, 7) is 7.09. The number of fused-ring (bicyclic) bond motifs is 3. The predicted octanol–water partition coefficient (Wildman–Crippen LogP) is 3.55. The van der Waals surface area contributed by atoms with E-state index in [1.807, 2.05) is 12.2 Å². The van der Waals surface area contributed by atoms with Crippen LogP contribution in [-0.2, 0) is 23.1 Å². The first-order chi connectivity index (χ1) is 12.3. The molecular weight excluding hydrogens is 470 g/mol. The van der Waals surface area contributed by atoms with Crippen molar-refractivity contribution in [2.75, 3.05) is 17.6 Å². The van der Waals surface area contributed by atoms with Crippen LogP contribution in [0.25, 0.3) is 0 Å². The molecule has 0 amide bonds.